The first-order valence-electron chi connectivity index (χ1n) is 6.08. The van der Waals surface area contributed by atoms with Crippen LogP contribution in [0.25, 0.3) is 0 Å². The Morgan fingerprint density at radius 1 is 1.56 bits per heavy atom. The molecular weight excluding hydrogens is 220 g/mol. The number of thioether (sulfide) groups is 1. The normalized spacial score (nSPS) is 19.9. The molecule has 2 rings (SSSR count). The Balaban J connectivity index is 1.93. The number of aromatic nitrogens is 2. The molecule has 1 aromatic rings. The van der Waals surface area contributed by atoms with Crippen molar-refractivity contribution in [2.75, 3.05) is 11.5 Å². The highest BCUT2D eigenvalue weighted by molar-refractivity contribution is 7.99. The molecular formula is C12H20N2OS. The first kappa shape index (κ1) is 12.0. The summed E-state index contributed by atoms with van der Waals surface area (Å²) in [7, 11) is 0. The Morgan fingerprint density at radius 2 is 2.31 bits per heavy atom. The number of aliphatic hydroxyl groups excluding tert-OH is 1. The maximum Gasteiger partial charge on any atom is 0.0959 e. The van der Waals surface area contributed by atoms with Crippen molar-refractivity contribution in [3.8, 4) is 0 Å². The summed E-state index contributed by atoms with van der Waals surface area (Å²) in [6.07, 6.45) is 4.84. The van der Waals surface area contributed by atoms with Crippen molar-refractivity contribution in [1.29, 1.82) is 0 Å². The van der Waals surface area contributed by atoms with Gasteiger partial charge in [-0.25, -0.2) is 0 Å². The molecule has 1 saturated heterocycles. The minimum absolute atomic E-state index is 0.337. The Hall–Kier alpha value is -0.480. The summed E-state index contributed by atoms with van der Waals surface area (Å²) in [5.41, 5.74) is 0.973. The van der Waals surface area contributed by atoms with Crippen LogP contribution in [0.2, 0.25) is 0 Å². The Morgan fingerprint density at radius 3 is 3.00 bits per heavy atom. The van der Waals surface area contributed by atoms with Gasteiger partial charge in [0, 0.05) is 12.7 Å². The number of rotatable bonds is 4. The first-order valence-corrected chi connectivity index (χ1v) is 7.24. The highest BCUT2D eigenvalue weighted by atomic mass is 32.2. The lowest BCUT2D eigenvalue weighted by molar-refractivity contribution is 0.131. The second-order valence-corrected chi connectivity index (χ2v) is 5.60. The lowest BCUT2D eigenvalue weighted by atomic mass is 9.94. The van der Waals surface area contributed by atoms with Crippen molar-refractivity contribution in [3.63, 3.8) is 0 Å². The molecule has 3 nitrogen and oxygen atoms in total. The van der Waals surface area contributed by atoms with E-state index in [2.05, 4.69) is 12.0 Å². The number of hydrogen-bond acceptors (Lipinski definition) is 3. The summed E-state index contributed by atoms with van der Waals surface area (Å²) in [4.78, 5) is 0. The van der Waals surface area contributed by atoms with Gasteiger partial charge in [-0.3, -0.25) is 4.68 Å². The van der Waals surface area contributed by atoms with E-state index >= 15 is 0 Å². The van der Waals surface area contributed by atoms with Crippen LogP contribution >= 0.6 is 11.8 Å². The van der Waals surface area contributed by atoms with Gasteiger partial charge in [0.15, 0.2) is 0 Å². The van der Waals surface area contributed by atoms with Crippen molar-refractivity contribution in [2.45, 2.75) is 38.8 Å². The van der Waals surface area contributed by atoms with E-state index in [0.717, 1.165) is 18.7 Å². The average Bonchev–Trinajstić information content (AvgIpc) is 2.78. The van der Waals surface area contributed by atoms with E-state index in [0.29, 0.717) is 5.92 Å². The molecule has 1 N–H and O–H groups in total. The maximum atomic E-state index is 10.2. The van der Waals surface area contributed by atoms with Crippen LogP contribution in [0.5, 0.6) is 0 Å². The van der Waals surface area contributed by atoms with Gasteiger partial charge in [0.2, 0.25) is 0 Å². The molecule has 2 heterocycles. The zero-order chi connectivity index (χ0) is 11.4. The van der Waals surface area contributed by atoms with E-state index in [1.807, 2.05) is 22.5 Å². The molecule has 4 heteroatoms. The van der Waals surface area contributed by atoms with Crippen molar-refractivity contribution in [2.24, 2.45) is 5.92 Å². The summed E-state index contributed by atoms with van der Waals surface area (Å²) in [5.74, 6) is 3.20. The van der Waals surface area contributed by atoms with Crippen molar-refractivity contribution in [1.82, 2.24) is 9.78 Å². The Labute approximate surface area is 101 Å². The van der Waals surface area contributed by atoms with Gasteiger partial charge in [-0.2, -0.15) is 16.9 Å². The fourth-order valence-corrected chi connectivity index (χ4v) is 3.51. The molecule has 0 amide bonds. The van der Waals surface area contributed by atoms with E-state index in [-0.39, 0.29) is 6.10 Å². The molecule has 1 atom stereocenters. The van der Waals surface area contributed by atoms with Gasteiger partial charge in [-0.1, -0.05) is 0 Å². The molecule has 1 unspecified atom stereocenters. The van der Waals surface area contributed by atoms with Crippen LogP contribution in [-0.4, -0.2) is 26.4 Å². The first-order chi connectivity index (χ1) is 7.81. The van der Waals surface area contributed by atoms with Crippen molar-refractivity contribution in [3.05, 3.63) is 18.0 Å². The third kappa shape index (κ3) is 2.80. The molecule has 16 heavy (non-hydrogen) atoms. The predicted molar refractivity (Wildman–Crippen MR) is 67.5 cm³/mol. The molecule has 1 fully saturated rings. The van der Waals surface area contributed by atoms with Gasteiger partial charge < -0.3 is 5.11 Å². The maximum absolute atomic E-state index is 10.2. The lowest BCUT2D eigenvalue weighted by Gasteiger charge is -2.24. The molecule has 0 aliphatic carbocycles. The van der Waals surface area contributed by atoms with Gasteiger partial charge in [-0.05, 0) is 49.7 Å². The van der Waals surface area contributed by atoms with Crippen LogP contribution in [0.3, 0.4) is 0 Å². The zero-order valence-corrected chi connectivity index (χ0v) is 10.6. The van der Waals surface area contributed by atoms with Gasteiger partial charge in [0.05, 0.1) is 11.8 Å². The third-order valence-electron chi connectivity index (χ3n) is 3.29. The molecule has 90 valence electrons. The van der Waals surface area contributed by atoms with E-state index in [1.54, 1.807) is 6.20 Å². The van der Waals surface area contributed by atoms with Crippen LogP contribution in [-0.2, 0) is 6.54 Å². The minimum Gasteiger partial charge on any atom is -0.387 e. The average molecular weight is 240 g/mol. The van der Waals surface area contributed by atoms with Gasteiger partial charge in [-0.15, -0.1) is 0 Å². The van der Waals surface area contributed by atoms with Crippen LogP contribution in [0.1, 0.15) is 38.0 Å². The lowest BCUT2D eigenvalue weighted by Crippen LogP contribution is -2.15. The van der Waals surface area contributed by atoms with Crippen LogP contribution in [0.4, 0.5) is 0 Å². The molecule has 1 aliphatic heterocycles. The summed E-state index contributed by atoms with van der Waals surface area (Å²) in [6.45, 7) is 2.89. The number of aryl methyl sites for hydroxylation is 1. The summed E-state index contributed by atoms with van der Waals surface area (Å²) < 4.78 is 1.89. The number of nitrogens with zero attached hydrogens (tertiary/aromatic N) is 2. The molecule has 0 radical (unpaired) electrons. The minimum atomic E-state index is -0.337. The predicted octanol–water partition coefficient (Wildman–Crippen LogP) is 2.47. The highest BCUT2D eigenvalue weighted by Crippen LogP contribution is 2.30. The summed E-state index contributed by atoms with van der Waals surface area (Å²) in [5, 5.41) is 14.4. The van der Waals surface area contributed by atoms with Crippen LogP contribution in [0, 0.1) is 5.92 Å². The Bertz CT molecular complexity index is 321. The second kappa shape index (κ2) is 5.73. The van der Waals surface area contributed by atoms with E-state index < -0.39 is 0 Å². The number of hydrogen-bond donors (Lipinski definition) is 1. The smallest absolute Gasteiger partial charge is 0.0959 e. The standard InChI is InChI=1S/C12H20N2OS/c1-2-14-11(3-6-13-14)12(15)9-10-4-7-16-8-5-10/h3,6,10,12,15H,2,4-5,7-9H2,1H3. The molecule has 0 saturated carbocycles. The quantitative estimate of drug-likeness (QED) is 0.878. The highest BCUT2D eigenvalue weighted by Gasteiger charge is 2.20. The molecule has 0 spiro atoms. The van der Waals surface area contributed by atoms with E-state index in [1.165, 1.54) is 24.3 Å². The number of aliphatic hydroxyl groups is 1. The molecule has 0 aromatic carbocycles. The van der Waals surface area contributed by atoms with E-state index in [4.69, 9.17) is 0 Å². The topological polar surface area (TPSA) is 38.0 Å². The van der Waals surface area contributed by atoms with Gasteiger partial charge in [0.1, 0.15) is 0 Å². The van der Waals surface area contributed by atoms with E-state index in [9.17, 15) is 5.11 Å². The fourth-order valence-electron chi connectivity index (χ4n) is 2.31. The fraction of sp³-hybridized carbons (Fsp3) is 0.750. The molecule has 1 aromatic heterocycles. The van der Waals surface area contributed by atoms with Crippen molar-refractivity contribution < 1.29 is 5.11 Å². The monoisotopic (exact) mass is 240 g/mol. The Kier molecular flexibility index (Phi) is 4.29. The molecule has 1 aliphatic rings. The largest absolute Gasteiger partial charge is 0.387 e. The summed E-state index contributed by atoms with van der Waals surface area (Å²) in [6, 6.07) is 1.94. The second-order valence-electron chi connectivity index (χ2n) is 4.38. The van der Waals surface area contributed by atoms with Gasteiger partial charge in [0.25, 0.3) is 0 Å². The SMILES string of the molecule is CCn1nccc1C(O)CC1CCSCC1. The third-order valence-corrected chi connectivity index (χ3v) is 4.34. The van der Waals surface area contributed by atoms with Crippen molar-refractivity contribution >= 4 is 11.8 Å². The zero-order valence-electron chi connectivity index (χ0n) is 9.80. The van der Waals surface area contributed by atoms with Crippen LogP contribution < -0.4 is 0 Å². The molecule has 0 bridgehead atoms. The van der Waals surface area contributed by atoms with Gasteiger partial charge >= 0.3 is 0 Å². The summed E-state index contributed by atoms with van der Waals surface area (Å²) >= 11 is 2.03. The van der Waals surface area contributed by atoms with Crippen LogP contribution in [0.15, 0.2) is 12.3 Å².